The van der Waals surface area contributed by atoms with Crippen LogP contribution >= 0.6 is 0 Å². The average Bonchev–Trinajstić information content (AvgIpc) is 3.21. The number of nitrogens with zero attached hydrogens (tertiary/aromatic N) is 2. The van der Waals surface area contributed by atoms with E-state index in [1.807, 2.05) is 32.0 Å². The van der Waals surface area contributed by atoms with Crippen molar-refractivity contribution in [2.45, 2.75) is 89.8 Å². The molecule has 2 aromatic carbocycles. The molecular formula is C39H51FN4O5. The van der Waals surface area contributed by atoms with Gasteiger partial charge < -0.3 is 30.9 Å². The van der Waals surface area contributed by atoms with Crippen LogP contribution in [0.2, 0.25) is 0 Å². The van der Waals surface area contributed by atoms with Crippen LogP contribution in [0.5, 0.6) is 0 Å². The number of benzene rings is 2. The Morgan fingerprint density at radius 3 is 2.45 bits per heavy atom. The van der Waals surface area contributed by atoms with Gasteiger partial charge in [-0.2, -0.15) is 0 Å². The second kappa shape index (κ2) is 18.0. The number of fused-ring (bicyclic) bond motifs is 3. The molecular weight excluding hydrogens is 623 g/mol. The van der Waals surface area contributed by atoms with E-state index in [1.165, 1.54) is 12.1 Å². The molecule has 1 heterocycles. The van der Waals surface area contributed by atoms with E-state index in [4.69, 9.17) is 10.1 Å². The fourth-order valence-corrected chi connectivity index (χ4v) is 6.38. The molecule has 3 aromatic rings. The van der Waals surface area contributed by atoms with Crippen molar-refractivity contribution >= 4 is 23.8 Å². The number of carboxylic acids is 1. The molecule has 264 valence electrons. The highest BCUT2D eigenvalue weighted by Gasteiger charge is 2.26. The minimum Gasteiger partial charge on any atom is -0.481 e. The molecule has 0 radical (unpaired) electrons. The molecule has 1 aliphatic rings. The number of hydrogen-bond acceptors (Lipinski definition) is 6. The van der Waals surface area contributed by atoms with E-state index >= 15 is 0 Å². The van der Waals surface area contributed by atoms with Crippen LogP contribution in [0.3, 0.4) is 0 Å². The van der Waals surface area contributed by atoms with Crippen molar-refractivity contribution in [3.8, 4) is 22.4 Å². The Labute approximate surface area is 289 Å². The number of carbonyl (C=O) groups is 2. The highest BCUT2D eigenvalue weighted by Crippen LogP contribution is 2.42. The number of aryl methyl sites for hydroxylation is 1. The summed E-state index contributed by atoms with van der Waals surface area (Å²) in [7, 11) is 4.15. The molecule has 0 bridgehead atoms. The molecule has 9 nitrogen and oxygen atoms in total. The lowest BCUT2D eigenvalue weighted by atomic mass is 9.86. The van der Waals surface area contributed by atoms with Crippen molar-refractivity contribution in [2.24, 2.45) is 0 Å². The van der Waals surface area contributed by atoms with Gasteiger partial charge in [-0.1, -0.05) is 57.0 Å². The number of urea groups is 1. The molecule has 0 fully saturated rings. The zero-order valence-electron chi connectivity index (χ0n) is 29.1. The third-order valence-corrected chi connectivity index (χ3v) is 8.76. The lowest BCUT2D eigenvalue weighted by Gasteiger charge is -2.22. The molecule has 1 aromatic heterocycles. The fraction of sp³-hybridized carbons (Fsp3) is 0.462. The Hall–Kier alpha value is -4.12. The van der Waals surface area contributed by atoms with Gasteiger partial charge in [0, 0.05) is 29.8 Å². The van der Waals surface area contributed by atoms with Crippen LogP contribution in [0, 0.1) is 5.82 Å². The van der Waals surface area contributed by atoms with Crippen LogP contribution in [0.1, 0.15) is 87.1 Å². The molecule has 49 heavy (non-hydrogen) atoms. The van der Waals surface area contributed by atoms with Crippen LogP contribution in [-0.4, -0.2) is 76.6 Å². The molecule has 2 atom stereocenters. The molecule has 0 saturated heterocycles. The van der Waals surface area contributed by atoms with E-state index in [2.05, 4.69) is 29.6 Å². The quantitative estimate of drug-likeness (QED) is 0.103. The minimum absolute atomic E-state index is 0.0109. The number of carbonyl (C=O) groups excluding carboxylic acids is 1. The number of aliphatic hydroxyl groups excluding tert-OH is 2. The second-order valence-corrected chi connectivity index (χ2v) is 13.5. The van der Waals surface area contributed by atoms with Gasteiger partial charge in [0.1, 0.15) is 5.82 Å². The predicted octanol–water partition coefficient (Wildman–Crippen LogP) is 7.01. The van der Waals surface area contributed by atoms with Crippen molar-refractivity contribution in [2.75, 3.05) is 32.5 Å². The van der Waals surface area contributed by atoms with Crippen LogP contribution in [-0.2, 0) is 17.6 Å². The Bertz CT molecular complexity index is 1610. The van der Waals surface area contributed by atoms with Gasteiger partial charge in [0.25, 0.3) is 0 Å². The van der Waals surface area contributed by atoms with E-state index in [0.29, 0.717) is 18.7 Å². The summed E-state index contributed by atoms with van der Waals surface area (Å²) < 4.78 is 14.1. The van der Waals surface area contributed by atoms with Gasteiger partial charge in [-0.3, -0.25) is 9.78 Å². The highest BCUT2D eigenvalue weighted by atomic mass is 19.1. The SMILES string of the molecule is CC(C)c1nc2c(c(-c3ccc(F)cc3)c1/C=C/[C@@H](O)C[C@@H](O)CC(=O)O)CCCc1cc(NC(=O)NCCCCCCN(C)C)ccc1-2. The number of aliphatic hydroxyl groups is 2. The Balaban J connectivity index is 1.64. The summed E-state index contributed by atoms with van der Waals surface area (Å²) in [6.45, 7) is 5.78. The summed E-state index contributed by atoms with van der Waals surface area (Å²) in [6.07, 6.45) is 7.13. The first kappa shape index (κ1) is 37.7. The predicted molar refractivity (Wildman–Crippen MR) is 193 cm³/mol. The number of amides is 2. The molecule has 0 saturated carbocycles. The Kier molecular flexibility index (Phi) is 13.9. The van der Waals surface area contributed by atoms with Gasteiger partial charge in [0.2, 0.25) is 0 Å². The van der Waals surface area contributed by atoms with Gasteiger partial charge >= 0.3 is 12.0 Å². The number of anilines is 1. The molecule has 0 aliphatic heterocycles. The first-order valence-corrected chi connectivity index (χ1v) is 17.3. The van der Waals surface area contributed by atoms with Gasteiger partial charge in [0.05, 0.1) is 30.0 Å². The highest BCUT2D eigenvalue weighted by molar-refractivity contribution is 5.91. The van der Waals surface area contributed by atoms with Gasteiger partial charge in [0.15, 0.2) is 0 Å². The normalized spacial score (nSPS) is 14.0. The first-order chi connectivity index (χ1) is 23.4. The maximum atomic E-state index is 14.1. The molecule has 10 heteroatoms. The smallest absolute Gasteiger partial charge is 0.319 e. The number of carboxylic acid groups (broad SMARTS) is 1. The van der Waals surface area contributed by atoms with Gasteiger partial charge in [-0.25, -0.2) is 9.18 Å². The number of nitrogens with one attached hydrogen (secondary N) is 2. The summed E-state index contributed by atoms with van der Waals surface area (Å²) in [4.78, 5) is 31.1. The third kappa shape index (κ3) is 10.9. The van der Waals surface area contributed by atoms with E-state index in [0.717, 1.165) is 89.8 Å². The maximum absolute atomic E-state index is 14.1. The zero-order valence-corrected chi connectivity index (χ0v) is 29.1. The van der Waals surface area contributed by atoms with Gasteiger partial charge in [-0.05, 0) is 105 Å². The van der Waals surface area contributed by atoms with Crippen molar-refractivity contribution in [3.63, 3.8) is 0 Å². The number of pyridine rings is 1. The number of halogens is 1. The topological polar surface area (TPSA) is 135 Å². The lowest BCUT2D eigenvalue weighted by Crippen LogP contribution is -2.29. The molecule has 0 spiro atoms. The van der Waals surface area contributed by atoms with Crippen LogP contribution < -0.4 is 10.6 Å². The second-order valence-electron chi connectivity index (χ2n) is 13.5. The largest absolute Gasteiger partial charge is 0.481 e. The number of rotatable bonds is 16. The number of aromatic nitrogens is 1. The summed E-state index contributed by atoms with van der Waals surface area (Å²) in [6, 6.07) is 12.1. The molecule has 2 amide bonds. The Morgan fingerprint density at radius 2 is 1.76 bits per heavy atom. The van der Waals surface area contributed by atoms with E-state index in [9.17, 15) is 24.2 Å². The molecule has 0 unspecified atom stereocenters. The Morgan fingerprint density at radius 1 is 1.02 bits per heavy atom. The average molecular weight is 675 g/mol. The van der Waals surface area contributed by atoms with Gasteiger partial charge in [-0.15, -0.1) is 0 Å². The van der Waals surface area contributed by atoms with Crippen molar-refractivity contribution in [1.29, 1.82) is 0 Å². The van der Waals surface area contributed by atoms with Crippen LogP contribution in [0.25, 0.3) is 28.5 Å². The van der Waals surface area contributed by atoms with Crippen molar-refractivity contribution in [3.05, 3.63) is 76.7 Å². The summed E-state index contributed by atoms with van der Waals surface area (Å²) in [5.41, 5.74) is 7.94. The molecule has 1 aliphatic carbocycles. The van der Waals surface area contributed by atoms with Crippen molar-refractivity contribution < 1.29 is 29.3 Å². The van der Waals surface area contributed by atoms with Crippen LogP contribution in [0.4, 0.5) is 14.9 Å². The number of hydrogen-bond donors (Lipinski definition) is 5. The van der Waals surface area contributed by atoms with Crippen molar-refractivity contribution in [1.82, 2.24) is 15.2 Å². The third-order valence-electron chi connectivity index (χ3n) is 8.76. The molecule has 5 N–H and O–H groups in total. The molecule has 4 rings (SSSR count). The first-order valence-electron chi connectivity index (χ1n) is 17.3. The maximum Gasteiger partial charge on any atom is 0.319 e. The van der Waals surface area contributed by atoms with E-state index in [-0.39, 0.29) is 24.2 Å². The standard InChI is InChI=1S/C39H51FN4O5/c1-25(2)37-34(19-17-30(45)23-31(46)24-35(47)48)36(26-12-14-28(40)15-13-26)33-11-9-10-27-22-29(16-18-32(27)38(33)43-37)42-39(49)41-20-7-5-6-8-21-44(3)4/h12-19,22,25,30-31,45-46H,5-11,20-21,23-24H2,1-4H3,(H,47,48)(H2,41,42,49)/b19-17+/t30-,31-/m1/s1. The summed E-state index contributed by atoms with van der Waals surface area (Å²) in [5.74, 6) is -1.49. The zero-order chi connectivity index (χ0) is 35.5. The monoisotopic (exact) mass is 674 g/mol. The fourth-order valence-electron chi connectivity index (χ4n) is 6.38. The number of aliphatic carboxylic acids is 1. The number of unbranched alkanes of at least 4 members (excludes halogenated alkanes) is 3. The minimum atomic E-state index is -1.19. The van der Waals surface area contributed by atoms with E-state index in [1.54, 1.807) is 24.3 Å². The summed E-state index contributed by atoms with van der Waals surface area (Å²) >= 11 is 0. The van der Waals surface area contributed by atoms with Crippen LogP contribution in [0.15, 0.2) is 48.5 Å². The van der Waals surface area contributed by atoms with E-state index < -0.39 is 24.6 Å². The summed E-state index contributed by atoms with van der Waals surface area (Å²) in [5, 5.41) is 35.7. The lowest BCUT2D eigenvalue weighted by molar-refractivity contribution is -0.139.